The quantitative estimate of drug-likeness (QED) is 0.751. The fraction of sp³-hybridized carbons (Fsp3) is 0.500. The first kappa shape index (κ1) is 14.7. The summed E-state index contributed by atoms with van der Waals surface area (Å²) in [6.45, 7) is 3.67. The topological polar surface area (TPSA) is 66.8 Å². The van der Waals surface area contributed by atoms with Crippen molar-refractivity contribution in [1.29, 1.82) is 0 Å². The van der Waals surface area contributed by atoms with Gasteiger partial charge in [0.05, 0.1) is 12.2 Å². The molecule has 0 aliphatic carbocycles. The van der Waals surface area contributed by atoms with E-state index in [1.165, 1.54) is 5.56 Å². The molecule has 0 radical (unpaired) electrons. The predicted octanol–water partition coefficient (Wildman–Crippen LogP) is 1.40. The fourth-order valence-corrected chi connectivity index (χ4v) is 1.56. The Labute approximate surface area is 107 Å². The van der Waals surface area contributed by atoms with Crippen LogP contribution >= 0.6 is 0 Å². The highest BCUT2D eigenvalue weighted by Gasteiger charge is 2.10. The summed E-state index contributed by atoms with van der Waals surface area (Å²) in [7, 11) is 0. The minimum Gasteiger partial charge on any atom is -0.459 e. The van der Waals surface area contributed by atoms with Crippen LogP contribution in [-0.2, 0) is 11.2 Å². The van der Waals surface area contributed by atoms with Crippen molar-refractivity contribution in [1.82, 2.24) is 0 Å². The Morgan fingerprint density at radius 1 is 1.28 bits per heavy atom. The van der Waals surface area contributed by atoms with Crippen molar-refractivity contribution in [2.24, 2.45) is 5.92 Å². The van der Waals surface area contributed by atoms with E-state index in [-0.39, 0.29) is 6.61 Å². The maximum atomic E-state index is 11.6. The van der Waals surface area contributed by atoms with Crippen LogP contribution in [0.5, 0.6) is 0 Å². The zero-order valence-corrected chi connectivity index (χ0v) is 10.8. The second-order valence-electron chi connectivity index (χ2n) is 4.73. The second kappa shape index (κ2) is 7.13. The Morgan fingerprint density at radius 3 is 2.39 bits per heavy atom. The van der Waals surface area contributed by atoms with Gasteiger partial charge in [0.25, 0.3) is 0 Å². The first-order valence-electron chi connectivity index (χ1n) is 6.08. The summed E-state index contributed by atoms with van der Waals surface area (Å²) in [5.74, 6) is 0.0844. The van der Waals surface area contributed by atoms with E-state index in [1.807, 2.05) is 12.1 Å². The smallest absolute Gasteiger partial charge is 0.338 e. The van der Waals surface area contributed by atoms with Gasteiger partial charge in [-0.05, 0) is 30.0 Å². The standard InChI is InChI=1S/C14H20O4/c1-10(2)7-11-3-5-12(6-4-11)14(17)18-9-13(16)8-15/h3-6,10,13,15-16H,7-9H2,1-2H3. The van der Waals surface area contributed by atoms with Gasteiger partial charge in [-0.3, -0.25) is 0 Å². The average molecular weight is 252 g/mol. The summed E-state index contributed by atoms with van der Waals surface area (Å²) < 4.78 is 4.85. The number of ether oxygens (including phenoxy) is 1. The zero-order chi connectivity index (χ0) is 13.5. The molecule has 1 unspecified atom stereocenters. The number of hydrogen-bond donors (Lipinski definition) is 2. The van der Waals surface area contributed by atoms with Gasteiger partial charge in [0, 0.05) is 0 Å². The Balaban J connectivity index is 2.53. The lowest BCUT2D eigenvalue weighted by Crippen LogP contribution is -2.21. The van der Waals surface area contributed by atoms with E-state index in [4.69, 9.17) is 14.9 Å². The highest BCUT2D eigenvalue weighted by molar-refractivity contribution is 5.89. The molecule has 4 heteroatoms. The number of benzene rings is 1. The number of esters is 1. The van der Waals surface area contributed by atoms with E-state index >= 15 is 0 Å². The SMILES string of the molecule is CC(C)Cc1ccc(C(=O)OCC(O)CO)cc1. The van der Waals surface area contributed by atoms with Crippen LogP contribution in [0.2, 0.25) is 0 Å². The van der Waals surface area contributed by atoms with E-state index in [2.05, 4.69) is 13.8 Å². The molecule has 0 fully saturated rings. The highest BCUT2D eigenvalue weighted by atomic mass is 16.5. The molecule has 1 aromatic rings. The van der Waals surface area contributed by atoms with Crippen molar-refractivity contribution in [2.45, 2.75) is 26.4 Å². The number of aliphatic hydroxyl groups is 2. The van der Waals surface area contributed by atoms with Crippen LogP contribution in [0, 0.1) is 5.92 Å². The summed E-state index contributed by atoms with van der Waals surface area (Å²) >= 11 is 0. The molecule has 18 heavy (non-hydrogen) atoms. The molecular formula is C14H20O4. The first-order chi connectivity index (χ1) is 8.52. The van der Waals surface area contributed by atoms with E-state index in [1.54, 1.807) is 12.1 Å². The molecule has 0 aliphatic rings. The number of rotatable bonds is 6. The van der Waals surface area contributed by atoms with Gasteiger partial charge < -0.3 is 14.9 Å². The molecule has 0 saturated carbocycles. The maximum Gasteiger partial charge on any atom is 0.338 e. The first-order valence-corrected chi connectivity index (χ1v) is 6.08. The molecule has 2 N–H and O–H groups in total. The highest BCUT2D eigenvalue weighted by Crippen LogP contribution is 2.10. The van der Waals surface area contributed by atoms with Crippen molar-refractivity contribution in [3.8, 4) is 0 Å². The van der Waals surface area contributed by atoms with Gasteiger partial charge in [-0.15, -0.1) is 0 Å². The van der Waals surface area contributed by atoms with Crippen molar-refractivity contribution in [3.05, 3.63) is 35.4 Å². The Hall–Kier alpha value is -1.39. The molecule has 0 heterocycles. The third-order valence-electron chi connectivity index (χ3n) is 2.45. The Kier molecular flexibility index (Phi) is 5.82. The number of hydrogen-bond acceptors (Lipinski definition) is 4. The molecular weight excluding hydrogens is 232 g/mol. The van der Waals surface area contributed by atoms with Crippen LogP contribution in [0.1, 0.15) is 29.8 Å². The summed E-state index contributed by atoms with van der Waals surface area (Å²) in [5, 5.41) is 17.7. The minimum atomic E-state index is -1.02. The van der Waals surface area contributed by atoms with E-state index in [0.717, 1.165) is 6.42 Å². The van der Waals surface area contributed by atoms with Crippen LogP contribution in [0.15, 0.2) is 24.3 Å². The summed E-state index contributed by atoms with van der Waals surface area (Å²) in [6.07, 6.45) is -0.0485. The summed E-state index contributed by atoms with van der Waals surface area (Å²) in [5.41, 5.74) is 1.63. The fourth-order valence-electron chi connectivity index (χ4n) is 1.56. The molecule has 1 aromatic carbocycles. The molecule has 0 bridgehead atoms. The van der Waals surface area contributed by atoms with Crippen molar-refractivity contribution in [2.75, 3.05) is 13.2 Å². The van der Waals surface area contributed by atoms with E-state index < -0.39 is 18.7 Å². The zero-order valence-electron chi connectivity index (χ0n) is 10.8. The van der Waals surface area contributed by atoms with Crippen LogP contribution in [0.25, 0.3) is 0 Å². The monoisotopic (exact) mass is 252 g/mol. The van der Waals surface area contributed by atoms with Crippen molar-refractivity contribution in [3.63, 3.8) is 0 Å². The van der Waals surface area contributed by atoms with Crippen LogP contribution < -0.4 is 0 Å². The molecule has 1 atom stereocenters. The molecule has 0 saturated heterocycles. The minimum absolute atomic E-state index is 0.191. The van der Waals surface area contributed by atoms with E-state index in [0.29, 0.717) is 11.5 Å². The largest absolute Gasteiger partial charge is 0.459 e. The molecule has 0 spiro atoms. The average Bonchev–Trinajstić information content (AvgIpc) is 2.35. The normalized spacial score (nSPS) is 12.5. The third-order valence-corrected chi connectivity index (χ3v) is 2.45. The molecule has 4 nitrogen and oxygen atoms in total. The van der Waals surface area contributed by atoms with Crippen LogP contribution in [0.3, 0.4) is 0 Å². The number of carbonyl (C=O) groups excluding carboxylic acids is 1. The Morgan fingerprint density at radius 2 is 1.89 bits per heavy atom. The third kappa shape index (κ3) is 4.85. The lowest BCUT2D eigenvalue weighted by molar-refractivity contribution is 0.00933. The number of carbonyl (C=O) groups is 1. The lowest BCUT2D eigenvalue weighted by Gasteiger charge is -2.09. The van der Waals surface area contributed by atoms with Crippen molar-refractivity contribution < 1.29 is 19.7 Å². The molecule has 100 valence electrons. The van der Waals surface area contributed by atoms with Gasteiger partial charge in [-0.2, -0.15) is 0 Å². The van der Waals surface area contributed by atoms with Gasteiger partial charge in [-0.25, -0.2) is 4.79 Å². The van der Waals surface area contributed by atoms with Gasteiger partial charge in [0.2, 0.25) is 0 Å². The van der Waals surface area contributed by atoms with Gasteiger partial charge in [0.15, 0.2) is 0 Å². The summed E-state index contributed by atoms with van der Waals surface area (Å²) in [4.78, 5) is 11.6. The molecule has 1 rings (SSSR count). The van der Waals surface area contributed by atoms with Gasteiger partial charge in [0.1, 0.15) is 12.7 Å². The maximum absolute atomic E-state index is 11.6. The lowest BCUT2D eigenvalue weighted by atomic mass is 10.0. The van der Waals surface area contributed by atoms with E-state index in [9.17, 15) is 4.79 Å². The van der Waals surface area contributed by atoms with Crippen molar-refractivity contribution >= 4 is 5.97 Å². The summed E-state index contributed by atoms with van der Waals surface area (Å²) in [6, 6.07) is 7.23. The molecule has 0 amide bonds. The number of aliphatic hydroxyl groups excluding tert-OH is 2. The Bertz CT molecular complexity index is 370. The van der Waals surface area contributed by atoms with Gasteiger partial charge >= 0.3 is 5.97 Å². The predicted molar refractivity (Wildman–Crippen MR) is 68.4 cm³/mol. The van der Waals surface area contributed by atoms with Crippen LogP contribution in [0.4, 0.5) is 0 Å². The van der Waals surface area contributed by atoms with Gasteiger partial charge in [-0.1, -0.05) is 26.0 Å². The second-order valence-corrected chi connectivity index (χ2v) is 4.73. The molecule has 0 aliphatic heterocycles. The van der Waals surface area contributed by atoms with Crippen LogP contribution in [-0.4, -0.2) is 35.5 Å². The molecule has 0 aromatic heterocycles.